The van der Waals surface area contributed by atoms with E-state index in [-0.39, 0.29) is 23.2 Å². The second-order valence-electron chi connectivity index (χ2n) is 3.59. The van der Waals surface area contributed by atoms with Crippen molar-refractivity contribution < 1.29 is 9.18 Å². The van der Waals surface area contributed by atoms with Crippen LogP contribution in [0.3, 0.4) is 0 Å². The van der Waals surface area contributed by atoms with E-state index in [4.69, 9.17) is 5.73 Å². The van der Waals surface area contributed by atoms with Gasteiger partial charge in [0.25, 0.3) is 0 Å². The first-order chi connectivity index (χ1) is 7.09. The molecule has 3 nitrogen and oxygen atoms in total. The molecule has 1 saturated carbocycles. The van der Waals surface area contributed by atoms with Gasteiger partial charge in [-0.05, 0) is 47.6 Å². The number of benzene rings is 1. The Morgan fingerprint density at radius 1 is 1.53 bits per heavy atom. The maximum Gasteiger partial charge on any atom is 0.227 e. The van der Waals surface area contributed by atoms with Crippen LogP contribution in [0.5, 0.6) is 0 Å². The molecule has 1 aromatic rings. The molecule has 0 saturated heterocycles. The van der Waals surface area contributed by atoms with Gasteiger partial charge in [-0.2, -0.15) is 0 Å². The Hall–Kier alpha value is -0.850. The van der Waals surface area contributed by atoms with Gasteiger partial charge < -0.3 is 11.1 Å². The van der Waals surface area contributed by atoms with Gasteiger partial charge in [0.05, 0.1) is 9.26 Å². The number of anilines is 2. The zero-order valence-corrected chi connectivity index (χ0v) is 10.0. The molecule has 0 bridgehead atoms. The van der Waals surface area contributed by atoms with E-state index in [1.165, 1.54) is 0 Å². The number of nitrogen functional groups attached to an aromatic ring is 1. The molecule has 2 rings (SSSR count). The lowest BCUT2D eigenvalue weighted by Crippen LogP contribution is -2.16. The number of nitrogens with one attached hydrogen (secondary N) is 1. The standard InChI is InChI=1S/C10H10FIN2O/c11-8-6(12)3-4-7(13)9(8)14-10(15)5-1-2-5/h3-5H,1-2,13H2,(H,14,15). The number of halogens is 2. The van der Waals surface area contributed by atoms with E-state index in [2.05, 4.69) is 5.32 Å². The second kappa shape index (κ2) is 3.96. The Kier molecular flexibility index (Phi) is 2.81. The van der Waals surface area contributed by atoms with Gasteiger partial charge in [0, 0.05) is 5.92 Å². The van der Waals surface area contributed by atoms with Gasteiger partial charge in [-0.1, -0.05) is 0 Å². The van der Waals surface area contributed by atoms with Gasteiger partial charge in [-0.25, -0.2) is 4.39 Å². The fourth-order valence-corrected chi connectivity index (χ4v) is 1.71. The van der Waals surface area contributed by atoms with Crippen molar-refractivity contribution in [3.63, 3.8) is 0 Å². The van der Waals surface area contributed by atoms with E-state index in [1.807, 2.05) is 22.6 Å². The topological polar surface area (TPSA) is 55.1 Å². The van der Waals surface area contributed by atoms with E-state index < -0.39 is 5.82 Å². The molecule has 1 aliphatic carbocycles. The Labute approximate surface area is 100 Å². The lowest BCUT2D eigenvalue weighted by molar-refractivity contribution is -0.117. The minimum Gasteiger partial charge on any atom is -0.397 e. The molecule has 15 heavy (non-hydrogen) atoms. The summed E-state index contributed by atoms with van der Waals surface area (Å²) >= 11 is 1.86. The molecule has 1 amide bonds. The van der Waals surface area contributed by atoms with Crippen molar-refractivity contribution in [2.24, 2.45) is 5.92 Å². The molecular weight excluding hydrogens is 310 g/mol. The largest absolute Gasteiger partial charge is 0.397 e. The number of carbonyl (C=O) groups excluding carboxylic acids is 1. The van der Waals surface area contributed by atoms with Crippen LogP contribution in [0.4, 0.5) is 15.8 Å². The summed E-state index contributed by atoms with van der Waals surface area (Å²) in [5.74, 6) is -0.547. The van der Waals surface area contributed by atoms with Crippen molar-refractivity contribution in [3.8, 4) is 0 Å². The minimum atomic E-state index is -0.454. The molecule has 80 valence electrons. The summed E-state index contributed by atoms with van der Waals surface area (Å²) in [7, 11) is 0. The summed E-state index contributed by atoms with van der Waals surface area (Å²) in [4.78, 5) is 11.5. The summed E-state index contributed by atoms with van der Waals surface area (Å²) in [5.41, 5.74) is 5.98. The molecule has 1 fully saturated rings. The number of amides is 1. The van der Waals surface area contributed by atoms with Crippen LogP contribution >= 0.6 is 22.6 Å². The first-order valence-corrected chi connectivity index (χ1v) is 5.72. The van der Waals surface area contributed by atoms with Crippen molar-refractivity contribution in [1.82, 2.24) is 0 Å². The number of carbonyl (C=O) groups is 1. The fraction of sp³-hybridized carbons (Fsp3) is 0.300. The first kappa shape index (κ1) is 10.7. The molecule has 3 N–H and O–H groups in total. The van der Waals surface area contributed by atoms with Crippen LogP contribution in [0.2, 0.25) is 0 Å². The van der Waals surface area contributed by atoms with Gasteiger partial charge in [-0.3, -0.25) is 4.79 Å². The minimum absolute atomic E-state index is 0.0432. The molecule has 0 unspecified atom stereocenters. The van der Waals surface area contributed by atoms with Crippen LogP contribution in [0.25, 0.3) is 0 Å². The van der Waals surface area contributed by atoms with Crippen LogP contribution in [0.15, 0.2) is 12.1 Å². The highest BCUT2D eigenvalue weighted by atomic mass is 127. The van der Waals surface area contributed by atoms with Crippen molar-refractivity contribution in [2.75, 3.05) is 11.1 Å². The maximum absolute atomic E-state index is 13.6. The quantitative estimate of drug-likeness (QED) is 0.649. The molecule has 0 aromatic heterocycles. The van der Waals surface area contributed by atoms with Crippen LogP contribution < -0.4 is 11.1 Å². The fourth-order valence-electron chi connectivity index (χ4n) is 1.26. The third kappa shape index (κ3) is 2.22. The molecule has 5 heteroatoms. The number of rotatable bonds is 2. The Bertz CT molecular complexity index is 418. The van der Waals surface area contributed by atoms with Crippen molar-refractivity contribution >= 4 is 39.9 Å². The third-order valence-corrected chi connectivity index (χ3v) is 3.16. The van der Waals surface area contributed by atoms with Crippen LogP contribution in [-0.2, 0) is 4.79 Å². The van der Waals surface area contributed by atoms with Gasteiger partial charge in [0.1, 0.15) is 5.69 Å². The summed E-state index contributed by atoms with van der Waals surface area (Å²) in [6.45, 7) is 0. The van der Waals surface area contributed by atoms with E-state index >= 15 is 0 Å². The predicted octanol–water partition coefficient (Wildman–Crippen LogP) is 2.36. The summed E-state index contributed by atoms with van der Waals surface area (Å²) in [6.07, 6.45) is 1.77. The molecule has 0 aliphatic heterocycles. The SMILES string of the molecule is Nc1ccc(I)c(F)c1NC(=O)C1CC1. The Morgan fingerprint density at radius 3 is 2.80 bits per heavy atom. The van der Waals surface area contributed by atoms with E-state index in [9.17, 15) is 9.18 Å². The van der Waals surface area contributed by atoms with Gasteiger partial charge >= 0.3 is 0 Å². The van der Waals surface area contributed by atoms with Crippen molar-refractivity contribution in [2.45, 2.75) is 12.8 Å². The van der Waals surface area contributed by atoms with Gasteiger partial charge in [0.15, 0.2) is 5.82 Å². The maximum atomic E-state index is 13.6. The van der Waals surface area contributed by atoms with Crippen molar-refractivity contribution in [1.29, 1.82) is 0 Å². The monoisotopic (exact) mass is 320 g/mol. The van der Waals surface area contributed by atoms with Crippen molar-refractivity contribution in [3.05, 3.63) is 21.5 Å². The number of nitrogens with two attached hydrogens (primary N) is 1. The van der Waals surface area contributed by atoms with E-state index in [0.29, 0.717) is 3.57 Å². The van der Waals surface area contributed by atoms with Crippen LogP contribution in [-0.4, -0.2) is 5.91 Å². The third-order valence-electron chi connectivity index (χ3n) is 2.32. The highest BCUT2D eigenvalue weighted by Crippen LogP contribution is 2.32. The Morgan fingerprint density at radius 2 is 2.20 bits per heavy atom. The first-order valence-electron chi connectivity index (χ1n) is 4.64. The second-order valence-corrected chi connectivity index (χ2v) is 4.75. The predicted molar refractivity (Wildman–Crippen MR) is 64.9 cm³/mol. The molecule has 0 radical (unpaired) electrons. The van der Waals surface area contributed by atoms with E-state index in [0.717, 1.165) is 12.8 Å². The molecule has 1 aliphatic rings. The summed E-state index contributed by atoms with van der Waals surface area (Å²) in [5, 5.41) is 2.54. The lowest BCUT2D eigenvalue weighted by Gasteiger charge is -2.09. The van der Waals surface area contributed by atoms with Crippen LogP contribution in [0.1, 0.15) is 12.8 Å². The molecule has 0 atom stereocenters. The zero-order chi connectivity index (χ0) is 11.0. The summed E-state index contributed by atoms with van der Waals surface area (Å²) in [6, 6.07) is 3.17. The summed E-state index contributed by atoms with van der Waals surface area (Å²) < 4.78 is 14.1. The highest BCUT2D eigenvalue weighted by molar-refractivity contribution is 14.1. The van der Waals surface area contributed by atoms with Gasteiger partial charge in [-0.15, -0.1) is 0 Å². The molecule has 0 heterocycles. The van der Waals surface area contributed by atoms with Gasteiger partial charge in [0.2, 0.25) is 5.91 Å². The molecular formula is C10H10FIN2O. The average Bonchev–Trinajstić information content (AvgIpc) is 3.02. The van der Waals surface area contributed by atoms with E-state index in [1.54, 1.807) is 12.1 Å². The highest BCUT2D eigenvalue weighted by Gasteiger charge is 2.30. The number of hydrogen-bond donors (Lipinski definition) is 2. The Balaban J connectivity index is 2.26. The smallest absolute Gasteiger partial charge is 0.227 e. The molecule has 0 spiro atoms. The molecule has 1 aromatic carbocycles. The van der Waals surface area contributed by atoms with Crippen LogP contribution in [0, 0.1) is 15.3 Å². The number of hydrogen-bond acceptors (Lipinski definition) is 2. The normalized spacial score (nSPS) is 15.1. The lowest BCUT2D eigenvalue weighted by atomic mass is 10.2. The average molecular weight is 320 g/mol. The zero-order valence-electron chi connectivity index (χ0n) is 7.89.